The quantitative estimate of drug-likeness (QED) is 0.625. The smallest absolute Gasteiger partial charge is 0.132 e. The maximum absolute atomic E-state index is 14.4. The molecule has 0 N–H and O–H groups in total. The molecule has 1 nitrogen and oxygen atoms in total. The molecule has 1 aliphatic carbocycles. The maximum Gasteiger partial charge on any atom is 0.132 e. The summed E-state index contributed by atoms with van der Waals surface area (Å²) < 4.78 is 14.4. The van der Waals surface area contributed by atoms with Gasteiger partial charge >= 0.3 is 0 Å². The molecule has 4 rings (SSSR count). The number of halogens is 1. The fourth-order valence-electron chi connectivity index (χ4n) is 2.90. The van der Waals surface area contributed by atoms with Crippen molar-refractivity contribution in [3.05, 3.63) is 65.5 Å². The second-order valence-corrected chi connectivity index (χ2v) is 5.86. The molecular formula is C19H16FN. The van der Waals surface area contributed by atoms with E-state index in [4.69, 9.17) is 0 Å². The van der Waals surface area contributed by atoms with E-state index < -0.39 is 0 Å². The first kappa shape index (κ1) is 12.5. The van der Waals surface area contributed by atoms with E-state index in [9.17, 15) is 4.39 Å². The molecule has 1 fully saturated rings. The van der Waals surface area contributed by atoms with Crippen molar-refractivity contribution in [1.82, 2.24) is 4.98 Å². The molecule has 1 aliphatic rings. The third-order valence-corrected chi connectivity index (χ3v) is 4.24. The Morgan fingerprint density at radius 3 is 2.62 bits per heavy atom. The van der Waals surface area contributed by atoms with E-state index >= 15 is 0 Å². The van der Waals surface area contributed by atoms with Crippen molar-refractivity contribution in [2.24, 2.45) is 0 Å². The number of fused-ring (bicyclic) bond motifs is 1. The molecule has 0 bridgehead atoms. The van der Waals surface area contributed by atoms with Crippen LogP contribution in [0.15, 0.2) is 48.5 Å². The average Bonchev–Trinajstić information content (AvgIpc) is 3.32. The molecule has 0 unspecified atom stereocenters. The number of pyridine rings is 1. The molecular weight excluding hydrogens is 261 g/mol. The normalized spacial score (nSPS) is 14.6. The molecule has 3 aromatic rings. The fraction of sp³-hybridized carbons (Fsp3) is 0.211. The highest BCUT2D eigenvalue weighted by Crippen LogP contribution is 2.41. The fourth-order valence-corrected chi connectivity index (χ4v) is 2.90. The second-order valence-electron chi connectivity index (χ2n) is 5.86. The van der Waals surface area contributed by atoms with Crippen molar-refractivity contribution < 1.29 is 4.39 Å². The summed E-state index contributed by atoms with van der Waals surface area (Å²) in [6.07, 6.45) is 2.37. The number of rotatable bonds is 2. The van der Waals surface area contributed by atoms with Gasteiger partial charge in [-0.25, -0.2) is 9.37 Å². The Labute approximate surface area is 123 Å². The predicted octanol–water partition coefficient (Wildman–Crippen LogP) is 5.23. The van der Waals surface area contributed by atoms with Crippen LogP contribution < -0.4 is 0 Å². The highest BCUT2D eigenvalue weighted by Gasteiger charge is 2.24. The number of aromatic nitrogens is 1. The predicted molar refractivity (Wildman–Crippen MR) is 83.8 cm³/mol. The third-order valence-electron chi connectivity index (χ3n) is 4.24. The molecule has 1 heterocycles. The summed E-state index contributed by atoms with van der Waals surface area (Å²) in [6.45, 7) is 2.05. The van der Waals surface area contributed by atoms with E-state index in [1.54, 1.807) is 6.07 Å². The monoisotopic (exact) mass is 277 g/mol. The van der Waals surface area contributed by atoms with Crippen LogP contribution in [0.3, 0.4) is 0 Å². The summed E-state index contributed by atoms with van der Waals surface area (Å²) in [7, 11) is 0. The zero-order chi connectivity index (χ0) is 14.4. The molecule has 0 aliphatic heterocycles. The van der Waals surface area contributed by atoms with Crippen LogP contribution in [-0.2, 0) is 0 Å². The lowest BCUT2D eigenvalue weighted by atomic mass is 10.0. The van der Waals surface area contributed by atoms with Gasteiger partial charge in [0, 0.05) is 10.9 Å². The van der Waals surface area contributed by atoms with E-state index in [1.807, 2.05) is 49.4 Å². The van der Waals surface area contributed by atoms with E-state index in [1.165, 1.54) is 12.8 Å². The number of nitrogens with zero attached hydrogens (tertiary/aromatic N) is 1. The Morgan fingerprint density at radius 1 is 1.05 bits per heavy atom. The number of aryl methyl sites for hydroxylation is 1. The Morgan fingerprint density at radius 2 is 1.86 bits per heavy atom. The van der Waals surface area contributed by atoms with Crippen molar-refractivity contribution in [3.8, 4) is 11.3 Å². The second kappa shape index (κ2) is 4.66. The molecule has 1 saturated carbocycles. The zero-order valence-corrected chi connectivity index (χ0v) is 11.9. The maximum atomic E-state index is 14.4. The van der Waals surface area contributed by atoms with E-state index in [0.29, 0.717) is 17.2 Å². The van der Waals surface area contributed by atoms with E-state index in [0.717, 1.165) is 22.0 Å². The highest BCUT2D eigenvalue weighted by molar-refractivity contribution is 5.84. The molecule has 104 valence electrons. The van der Waals surface area contributed by atoms with Crippen LogP contribution in [0.4, 0.5) is 4.39 Å². The average molecular weight is 277 g/mol. The molecule has 0 atom stereocenters. The van der Waals surface area contributed by atoms with Gasteiger partial charge in [-0.05, 0) is 61.1 Å². The van der Waals surface area contributed by atoms with Crippen molar-refractivity contribution in [3.63, 3.8) is 0 Å². The van der Waals surface area contributed by atoms with E-state index in [2.05, 4.69) is 4.98 Å². The third kappa shape index (κ3) is 2.21. The highest BCUT2D eigenvalue weighted by atomic mass is 19.1. The van der Waals surface area contributed by atoms with Crippen LogP contribution in [0.5, 0.6) is 0 Å². The zero-order valence-electron chi connectivity index (χ0n) is 11.9. The van der Waals surface area contributed by atoms with Crippen LogP contribution >= 0.6 is 0 Å². The Kier molecular flexibility index (Phi) is 2.78. The van der Waals surface area contributed by atoms with Crippen molar-refractivity contribution in [2.45, 2.75) is 25.7 Å². The van der Waals surface area contributed by atoms with Crippen LogP contribution in [0.2, 0.25) is 0 Å². The van der Waals surface area contributed by atoms with Gasteiger partial charge in [0.05, 0.1) is 11.2 Å². The van der Waals surface area contributed by atoms with Gasteiger partial charge in [-0.15, -0.1) is 0 Å². The molecule has 0 saturated heterocycles. The molecule has 0 radical (unpaired) electrons. The summed E-state index contributed by atoms with van der Waals surface area (Å²) in [5.41, 5.74) is 4.47. The number of benzene rings is 2. The van der Waals surface area contributed by atoms with Crippen LogP contribution in [-0.4, -0.2) is 4.98 Å². The van der Waals surface area contributed by atoms with Gasteiger partial charge in [0.1, 0.15) is 5.82 Å². The summed E-state index contributed by atoms with van der Waals surface area (Å²) >= 11 is 0. The minimum absolute atomic E-state index is 0.165. The molecule has 0 spiro atoms. The molecule has 21 heavy (non-hydrogen) atoms. The Hall–Kier alpha value is -2.22. The Balaban J connectivity index is 1.86. The summed E-state index contributed by atoms with van der Waals surface area (Å²) in [6, 6.07) is 15.6. The van der Waals surface area contributed by atoms with Crippen LogP contribution in [0, 0.1) is 12.7 Å². The van der Waals surface area contributed by atoms with Crippen LogP contribution in [0.25, 0.3) is 22.2 Å². The van der Waals surface area contributed by atoms with Gasteiger partial charge in [0.25, 0.3) is 0 Å². The summed E-state index contributed by atoms with van der Waals surface area (Å²) in [5.74, 6) is 0.404. The van der Waals surface area contributed by atoms with Gasteiger partial charge in [0.2, 0.25) is 0 Å². The first-order valence-electron chi connectivity index (χ1n) is 7.38. The molecule has 1 aromatic heterocycles. The number of hydrogen-bond donors (Lipinski definition) is 0. The number of hydrogen-bond acceptors (Lipinski definition) is 1. The lowest BCUT2D eigenvalue weighted by Gasteiger charge is -2.09. The molecule has 2 aromatic carbocycles. The lowest BCUT2D eigenvalue weighted by molar-refractivity contribution is 0.628. The molecule has 2 heteroatoms. The summed E-state index contributed by atoms with van der Waals surface area (Å²) in [5, 5.41) is 1.12. The van der Waals surface area contributed by atoms with Crippen LogP contribution in [0.1, 0.15) is 29.9 Å². The van der Waals surface area contributed by atoms with E-state index in [-0.39, 0.29) is 5.82 Å². The SMILES string of the molecule is Cc1cc(-c2ccc(C3CC3)cc2F)nc2ccccc12. The van der Waals surface area contributed by atoms with Crippen molar-refractivity contribution in [2.75, 3.05) is 0 Å². The minimum Gasteiger partial charge on any atom is -0.248 e. The van der Waals surface area contributed by atoms with Gasteiger partial charge < -0.3 is 0 Å². The standard InChI is InChI=1S/C19H16FN/c1-12-10-19(21-18-5-3-2-4-15(12)18)16-9-8-14(11-17(16)20)13-6-7-13/h2-5,8-11,13H,6-7H2,1H3. The van der Waals surface area contributed by atoms with Crippen molar-refractivity contribution in [1.29, 1.82) is 0 Å². The minimum atomic E-state index is -0.165. The largest absolute Gasteiger partial charge is 0.248 e. The summed E-state index contributed by atoms with van der Waals surface area (Å²) in [4.78, 5) is 4.62. The first-order chi connectivity index (χ1) is 10.2. The number of para-hydroxylation sites is 1. The van der Waals surface area contributed by atoms with Gasteiger partial charge in [0.15, 0.2) is 0 Å². The van der Waals surface area contributed by atoms with Gasteiger partial charge in [-0.3, -0.25) is 0 Å². The first-order valence-corrected chi connectivity index (χ1v) is 7.38. The molecule has 0 amide bonds. The lowest BCUT2D eigenvalue weighted by Crippen LogP contribution is -1.93. The topological polar surface area (TPSA) is 12.9 Å². The Bertz CT molecular complexity index is 834. The van der Waals surface area contributed by atoms with Crippen molar-refractivity contribution >= 4 is 10.9 Å². The van der Waals surface area contributed by atoms with Gasteiger partial charge in [-0.2, -0.15) is 0 Å². The van der Waals surface area contributed by atoms with Gasteiger partial charge in [-0.1, -0.05) is 24.3 Å².